The zero-order valence-corrected chi connectivity index (χ0v) is 9.23. The van der Waals surface area contributed by atoms with Crippen molar-refractivity contribution < 1.29 is 8.78 Å². The highest BCUT2D eigenvalue weighted by Crippen LogP contribution is 2.29. The first-order valence-electron chi connectivity index (χ1n) is 4.60. The second-order valence-corrected chi connectivity index (χ2v) is 4.48. The maximum absolute atomic E-state index is 12.8. The van der Waals surface area contributed by atoms with Crippen LogP contribution in [0.5, 0.6) is 0 Å². The summed E-state index contributed by atoms with van der Waals surface area (Å²) in [6, 6.07) is 0. The molecule has 0 aliphatic rings. The molecule has 0 radical (unpaired) electrons. The highest BCUT2D eigenvalue weighted by Gasteiger charge is 2.26. The number of nitrogens with zero attached hydrogens (tertiary/aromatic N) is 2. The average Bonchev–Trinajstić information content (AvgIpc) is 2.27. The van der Waals surface area contributed by atoms with Gasteiger partial charge in [-0.05, 0) is 40.2 Å². The van der Waals surface area contributed by atoms with Crippen LogP contribution >= 0.6 is 0 Å². The summed E-state index contributed by atoms with van der Waals surface area (Å²) >= 11 is 0. The molecule has 1 heterocycles. The number of hydrogen-bond donors (Lipinski definition) is 0. The molecule has 1 aromatic rings. The van der Waals surface area contributed by atoms with E-state index in [-0.39, 0.29) is 5.69 Å². The predicted octanol–water partition coefficient (Wildman–Crippen LogP) is 3.19. The lowest BCUT2D eigenvalue weighted by atomic mass is 10.1. The average molecular weight is 202 g/mol. The summed E-state index contributed by atoms with van der Waals surface area (Å²) in [6.45, 7) is 9.04. The van der Waals surface area contributed by atoms with Crippen LogP contribution in [0.25, 0.3) is 0 Å². The molecule has 80 valence electrons. The van der Waals surface area contributed by atoms with Gasteiger partial charge in [-0.2, -0.15) is 5.10 Å². The van der Waals surface area contributed by atoms with E-state index >= 15 is 0 Å². The maximum Gasteiger partial charge on any atom is 0.280 e. The highest BCUT2D eigenvalue weighted by molar-refractivity contribution is 5.25. The zero-order chi connectivity index (χ0) is 11.1. The van der Waals surface area contributed by atoms with Gasteiger partial charge in [0.2, 0.25) is 0 Å². The Labute approximate surface area is 82.9 Å². The summed E-state index contributed by atoms with van der Waals surface area (Å²) in [5, 5.41) is 4.14. The first-order chi connectivity index (χ1) is 6.25. The molecule has 0 saturated heterocycles. The summed E-state index contributed by atoms with van der Waals surface area (Å²) in [6.07, 6.45) is -2.46. The van der Waals surface area contributed by atoms with Gasteiger partial charge in [0, 0.05) is 0 Å². The quantitative estimate of drug-likeness (QED) is 0.683. The van der Waals surface area contributed by atoms with E-state index in [9.17, 15) is 8.78 Å². The summed E-state index contributed by atoms with van der Waals surface area (Å²) in [4.78, 5) is 0. The lowest BCUT2D eigenvalue weighted by Crippen LogP contribution is -2.25. The number of aryl methyl sites for hydroxylation is 1. The summed E-state index contributed by atoms with van der Waals surface area (Å²) < 4.78 is 27.0. The molecule has 2 nitrogen and oxygen atoms in total. The maximum atomic E-state index is 12.8. The Morgan fingerprint density at radius 2 is 1.71 bits per heavy atom. The first kappa shape index (κ1) is 11.1. The van der Waals surface area contributed by atoms with Crippen LogP contribution in [0.2, 0.25) is 0 Å². The van der Waals surface area contributed by atoms with Crippen LogP contribution in [0.3, 0.4) is 0 Å². The van der Waals surface area contributed by atoms with Crippen molar-refractivity contribution in [1.29, 1.82) is 0 Å². The van der Waals surface area contributed by atoms with Gasteiger partial charge in [0.1, 0.15) is 5.69 Å². The van der Waals surface area contributed by atoms with Gasteiger partial charge in [0.05, 0.1) is 11.2 Å². The smallest absolute Gasteiger partial charge is 0.258 e. The van der Waals surface area contributed by atoms with E-state index in [1.807, 2.05) is 20.8 Å². The molecule has 0 fully saturated rings. The second-order valence-electron chi connectivity index (χ2n) is 4.48. The van der Waals surface area contributed by atoms with E-state index in [1.54, 1.807) is 13.8 Å². The van der Waals surface area contributed by atoms with Gasteiger partial charge in [-0.25, -0.2) is 8.78 Å². The standard InChI is InChI=1S/C10H16F2N2/c1-6-7(2)13-14(10(3,4)5)8(6)9(11)12/h9H,1-5H3. The zero-order valence-electron chi connectivity index (χ0n) is 9.23. The molecule has 0 bridgehead atoms. The van der Waals surface area contributed by atoms with Gasteiger partial charge in [0.25, 0.3) is 6.43 Å². The van der Waals surface area contributed by atoms with Gasteiger partial charge in [-0.15, -0.1) is 0 Å². The Kier molecular flexibility index (Phi) is 2.65. The fraction of sp³-hybridized carbons (Fsp3) is 0.700. The molecule has 0 aliphatic carbocycles. The van der Waals surface area contributed by atoms with Crippen LogP contribution in [0.1, 0.15) is 44.1 Å². The van der Waals surface area contributed by atoms with E-state index in [4.69, 9.17) is 0 Å². The van der Waals surface area contributed by atoms with Crippen molar-refractivity contribution in [3.63, 3.8) is 0 Å². The van der Waals surface area contributed by atoms with E-state index in [2.05, 4.69) is 5.10 Å². The Morgan fingerprint density at radius 3 is 2.00 bits per heavy atom. The molecule has 0 saturated carbocycles. The minimum Gasteiger partial charge on any atom is -0.258 e. The summed E-state index contributed by atoms with van der Waals surface area (Å²) in [5.41, 5.74) is 0.908. The molecule has 4 heteroatoms. The molecule has 0 unspecified atom stereocenters. The molecule has 0 N–H and O–H groups in total. The molecule has 0 spiro atoms. The number of halogens is 2. The SMILES string of the molecule is Cc1nn(C(C)(C)C)c(C(F)F)c1C. The molecule has 0 atom stereocenters. The molecule has 0 aromatic carbocycles. The van der Waals surface area contributed by atoms with Crippen molar-refractivity contribution in [1.82, 2.24) is 9.78 Å². The third-order valence-electron chi connectivity index (χ3n) is 2.25. The van der Waals surface area contributed by atoms with E-state index in [0.29, 0.717) is 11.3 Å². The topological polar surface area (TPSA) is 17.8 Å². The normalized spacial score (nSPS) is 12.6. The van der Waals surface area contributed by atoms with Crippen LogP contribution in [0.4, 0.5) is 8.78 Å². The first-order valence-corrected chi connectivity index (χ1v) is 4.60. The Hall–Kier alpha value is -0.930. The fourth-order valence-corrected chi connectivity index (χ4v) is 1.39. The van der Waals surface area contributed by atoms with E-state index in [0.717, 1.165) is 0 Å². The van der Waals surface area contributed by atoms with Gasteiger partial charge in [0.15, 0.2) is 0 Å². The monoisotopic (exact) mass is 202 g/mol. The Balaban J connectivity index is 3.37. The van der Waals surface area contributed by atoms with Crippen molar-refractivity contribution in [2.75, 3.05) is 0 Å². The number of alkyl halides is 2. The number of rotatable bonds is 1. The second kappa shape index (κ2) is 3.33. The van der Waals surface area contributed by atoms with Crippen LogP contribution in [-0.2, 0) is 5.54 Å². The lowest BCUT2D eigenvalue weighted by molar-refractivity contribution is 0.129. The molecule has 1 rings (SSSR count). The van der Waals surface area contributed by atoms with E-state index in [1.165, 1.54) is 4.68 Å². The summed E-state index contributed by atoms with van der Waals surface area (Å²) in [5.74, 6) is 0. The molecule has 0 aliphatic heterocycles. The van der Waals surface area contributed by atoms with Crippen molar-refractivity contribution >= 4 is 0 Å². The third-order valence-corrected chi connectivity index (χ3v) is 2.25. The molecule has 0 amide bonds. The van der Waals surface area contributed by atoms with Gasteiger partial charge >= 0.3 is 0 Å². The van der Waals surface area contributed by atoms with Crippen molar-refractivity contribution in [2.24, 2.45) is 0 Å². The van der Waals surface area contributed by atoms with Gasteiger partial charge < -0.3 is 0 Å². The molecule has 1 aromatic heterocycles. The van der Waals surface area contributed by atoms with Gasteiger partial charge in [-0.1, -0.05) is 0 Å². The fourth-order valence-electron chi connectivity index (χ4n) is 1.39. The minimum absolute atomic E-state index is 0.0370. The van der Waals surface area contributed by atoms with E-state index < -0.39 is 12.0 Å². The third kappa shape index (κ3) is 1.79. The minimum atomic E-state index is -2.46. The predicted molar refractivity (Wildman–Crippen MR) is 51.7 cm³/mol. The number of aromatic nitrogens is 2. The van der Waals surface area contributed by atoms with Crippen LogP contribution < -0.4 is 0 Å². The van der Waals surface area contributed by atoms with Crippen LogP contribution in [0, 0.1) is 13.8 Å². The Bertz CT molecular complexity index is 335. The van der Waals surface area contributed by atoms with Crippen molar-refractivity contribution in [3.8, 4) is 0 Å². The van der Waals surface area contributed by atoms with Crippen molar-refractivity contribution in [3.05, 3.63) is 17.0 Å². The largest absolute Gasteiger partial charge is 0.280 e. The van der Waals surface area contributed by atoms with Crippen LogP contribution in [0.15, 0.2) is 0 Å². The lowest BCUT2D eigenvalue weighted by Gasteiger charge is -2.22. The molecule has 14 heavy (non-hydrogen) atoms. The highest BCUT2D eigenvalue weighted by atomic mass is 19.3. The molecular formula is C10H16F2N2. The Morgan fingerprint density at radius 1 is 1.21 bits per heavy atom. The van der Waals surface area contributed by atoms with Gasteiger partial charge in [-0.3, -0.25) is 4.68 Å². The number of hydrogen-bond acceptors (Lipinski definition) is 1. The molecular weight excluding hydrogens is 186 g/mol. The van der Waals surface area contributed by atoms with Crippen molar-refractivity contribution in [2.45, 2.75) is 46.6 Å². The van der Waals surface area contributed by atoms with Crippen LogP contribution in [-0.4, -0.2) is 9.78 Å². The summed E-state index contributed by atoms with van der Waals surface area (Å²) in [7, 11) is 0.